The van der Waals surface area contributed by atoms with E-state index in [1.165, 1.54) is 0 Å². The molecule has 4 aromatic rings. The van der Waals surface area contributed by atoms with Gasteiger partial charge in [0.05, 0.1) is 31.9 Å². The van der Waals surface area contributed by atoms with E-state index in [1.54, 1.807) is 38.5 Å². The van der Waals surface area contributed by atoms with Gasteiger partial charge in [0.15, 0.2) is 0 Å². The molecule has 0 saturated heterocycles. The molecule has 0 aliphatic heterocycles. The average molecular weight is 488 g/mol. The molecule has 0 fully saturated rings. The summed E-state index contributed by atoms with van der Waals surface area (Å²) in [4.78, 5) is 17.3. The number of carbonyl (C=O) groups is 1. The van der Waals surface area contributed by atoms with Crippen LogP contribution in [0.25, 0.3) is 11.0 Å². The lowest BCUT2D eigenvalue weighted by molar-refractivity contribution is 0.0953. The summed E-state index contributed by atoms with van der Waals surface area (Å²) in [5.41, 5.74) is 2.77. The number of carbonyl (C=O) groups excluding carboxylic acids is 1. The lowest BCUT2D eigenvalue weighted by Gasteiger charge is -2.11. The van der Waals surface area contributed by atoms with Crippen LogP contribution in [0.3, 0.4) is 0 Å². The number of hydrogen-bond acceptors (Lipinski definition) is 5. The minimum Gasteiger partial charge on any atom is -0.497 e. The van der Waals surface area contributed by atoms with Crippen LogP contribution in [0.15, 0.2) is 72.8 Å². The first kappa shape index (κ1) is 25.1. The molecule has 7 heteroatoms. The maximum Gasteiger partial charge on any atom is 0.251 e. The van der Waals surface area contributed by atoms with Gasteiger partial charge in [-0.2, -0.15) is 0 Å². The highest BCUT2D eigenvalue weighted by Crippen LogP contribution is 2.20. The summed E-state index contributed by atoms with van der Waals surface area (Å²) in [6, 6.07) is 23.0. The number of methoxy groups -OCH3 is 2. The molecule has 0 bridgehead atoms. The second kappa shape index (κ2) is 12.6. The van der Waals surface area contributed by atoms with Crippen molar-refractivity contribution in [2.75, 3.05) is 27.4 Å². The number of hydrogen-bond donors (Lipinski definition) is 1. The smallest absolute Gasteiger partial charge is 0.251 e. The molecule has 0 spiro atoms. The Morgan fingerprint density at radius 1 is 0.833 bits per heavy atom. The molecule has 0 atom stereocenters. The largest absolute Gasteiger partial charge is 0.497 e. The normalized spacial score (nSPS) is 10.8. The number of nitrogens with zero attached hydrogens (tertiary/aromatic N) is 2. The van der Waals surface area contributed by atoms with Gasteiger partial charge in [-0.05, 0) is 79.9 Å². The summed E-state index contributed by atoms with van der Waals surface area (Å²) >= 11 is 0. The molecule has 0 aliphatic rings. The van der Waals surface area contributed by atoms with Crippen LogP contribution < -0.4 is 19.5 Å². The number of rotatable bonds is 13. The van der Waals surface area contributed by atoms with E-state index < -0.39 is 0 Å². The number of ether oxygens (including phenoxy) is 3. The summed E-state index contributed by atoms with van der Waals surface area (Å²) in [5.74, 6) is 3.37. The van der Waals surface area contributed by atoms with Crippen LogP contribution in [0.4, 0.5) is 0 Å². The fourth-order valence-electron chi connectivity index (χ4n) is 4.09. The second-order valence-corrected chi connectivity index (χ2v) is 8.49. The Kier molecular flexibility index (Phi) is 8.81. The molecule has 0 unspecified atom stereocenters. The van der Waals surface area contributed by atoms with E-state index in [1.807, 2.05) is 42.5 Å². The maximum atomic E-state index is 12.4. The van der Waals surface area contributed by atoms with Gasteiger partial charge in [0, 0.05) is 25.1 Å². The van der Waals surface area contributed by atoms with E-state index in [2.05, 4.69) is 16.0 Å². The van der Waals surface area contributed by atoms with Crippen molar-refractivity contribution < 1.29 is 19.0 Å². The van der Waals surface area contributed by atoms with Crippen LogP contribution in [0.5, 0.6) is 17.2 Å². The highest BCUT2D eigenvalue weighted by atomic mass is 16.5. The molecule has 1 N–H and O–H groups in total. The van der Waals surface area contributed by atoms with Gasteiger partial charge in [-0.25, -0.2) is 4.98 Å². The van der Waals surface area contributed by atoms with Crippen LogP contribution in [0, 0.1) is 0 Å². The number of amides is 1. The molecule has 188 valence electrons. The molecule has 1 amide bonds. The molecule has 1 aromatic heterocycles. The summed E-state index contributed by atoms with van der Waals surface area (Å²) in [7, 11) is 3.27. The van der Waals surface area contributed by atoms with E-state index >= 15 is 0 Å². The quantitative estimate of drug-likeness (QED) is 0.260. The predicted octanol–water partition coefficient (Wildman–Crippen LogP) is 5.28. The van der Waals surface area contributed by atoms with Crippen LogP contribution in [0.2, 0.25) is 0 Å². The SMILES string of the molecule is COc1ccc(OCCCCn2c(CCCNC(=O)c3ccc(OC)cc3)nc3ccccc32)cc1. The van der Waals surface area contributed by atoms with Gasteiger partial charge in [0.2, 0.25) is 0 Å². The molecule has 0 radical (unpaired) electrons. The fraction of sp³-hybridized carbons (Fsp3) is 0.310. The van der Waals surface area contributed by atoms with Crippen LogP contribution in [0.1, 0.15) is 35.4 Å². The first-order valence-electron chi connectivity index (χ1n) is 12.3. The first-order chi connectivity index (χ1) is 17.7. The Morgan fingerprint density at radius 3 is 2.22 bits per heavy atom. The molecule has 4 rings (SSSR count). The molecular formula is C29H33N3O4. The minimum absolute atomic E-state index is 0.0805. The summed E-state index contributed by atoms with van der Waals surface area (Å²) in [6.07, 6.45) is 3.53. The van der Waals surface area contributed by atoms with Gasteiger partial charge in [-0.15, -0.1) is 0 Å². The summed E-state index contributed by atoms with van der Waals surface area (Å²) in [5, 5.41) is 3.00. The Bertz CT molecular complexity index is 1250. The van der Waals surface area contributed by atoms with Crippen LogP contribution >= 0.6 is 0 Å². The number of benzene rings is 3. The number of fused-ring (bicyclic) bond motifs is 1. The highest BCUT2D eigenvalue weighted by molar-refractivity contribution is 5.94. The van der Waals surface area contributed by atoms with Crippen molar-refractivity contribution in [1.29, 1.82) is 0 Å². The first-order valence-corrected chi connectivity index (χ1v) is 12.3. The monoisotopic (exact) mass is 487 g/mol. The lowest BCUT2D eigenvalue weighted by Crippen LogP contribution is -2.25. The van der Waals surface area contributed by atoms with Crippen molar-refractivity contribution in [3.8, 4) is 17.2 Å². The highest BCUT2D eigenvalue weighted by Gasteiger charge is 2.11. The number of unbranched alkanes of at least 4 members (excludes halogenated alkanes) is 1. The predicted molar refractivity (Wildman–Crippen MR) is 141 cm³/mol. The van der Waals surface area contributed by atoms with Crippen molar-refractivity contribution in [3.63, 3.8) is 0 Å². The van der Waals surface area contributed by atoms with E-state index in [-0.39, 0.29) is 5.91 Å². The van der Waals surface area contributed by atoms with Crippen molar-refractivity contribution in [2.24, 2.45) is 0 Å². The van der Waals surface area contributed by atoms with Crippen molar-refractivity contribution in [3.05, 3.63) is 84.2 Å². The fourth-order valence-corrected chi connectivity index (χ4v) is 4.09. The third-order valence-electron chi connectivity index (χ3n) is 6.05. The zero-order valence-corrected chi connectivity index (χ0v) is 20.9. The van der Waals surface area contributed by atoms with Crippen LogP contribution in [-0.2, 0) is 13.0 Å². The molecule has 36 heavy (non-hydrogen) atoms. The third kappa shape index (κ3) is 6.56. The van der Waals surface area contributed by atoms with Gasteiger partial charge >= 0.3 is 0 Å². The van der Waals surface area contributed by atoms with E-state index in [4.69, 9.17) is 19.2 Å². The molecule has 3 aromatic carbocycles. The molecular weight excluding hydrogens is 454 g/mol. The molecule has 0 aliphatic carbocycles. The minimum atomic E-state index is -0.0805. The Labute approximate surface area is 212 Å². The lowest BCUT2D eigenvalue weighted by atomic mass is 10.2. The number of aromatic nitrogens is 2. The van der Waals surface area contributed by atoms with Crippen molar-refractivity contribution in [2.45, 2.75) is 32.2 Å². The molecule has 7 nitrogen and oxygen atoms in total. The Morgan fingerprint density at radius 2 is 1.50 bits per heavy atom. The number of nitrogens with one attached hydrogen (secondary N) is 1. The number of aryl methyl sites for hydroxylation is 2. The molecule has 1 heterocycles. The van der Waals surface area contributed by atoms with Gasteiger partial charge in [-0.1, -0.05) is 12.1 Å². The second-order valence-electron chi connectivity index (χ2n) is 8.49. The van der Waals surface area contributed by atoms with E-state index in [0.717, 1.165) is 66.3 Å². The Balaban J connectivity index is 1.27. The zero-order valence-electron chi connectivity index (χ0n) is 20.9. The maximum absolute atomic E-state index is 12.4. The topological polar surface area (TPSA) is 74.6 Å². The standard InChI is InChI=1S/C29H33N3O4/c1-34-23-13-11-22(12-14-23)29(33)30-19-7-10-28-31-26-8-3-4-9-27(26)32(28)20-5-6-21-36-25-17-15-24(35-2)16-18-25/h3-4,8-9,11-18H,5-7,10,19-21H2,1-2H3,(H,30,33). The third-order valence-corrected chi connectivity index (χ3v) is 6.05. The van der Waals surface area contributed by atoms with Crippen molar-refractivity contribution >= 4 is 16.9 Å². The van der Waals surface area contributed by atoms with Gasteiger partial charge < -0.3 is 24.1 Å². The molecule has 0 saturated carbocycles. The van der Waals surface area contributed by atoms with Gasteiger partial charge in [-0.3, -0.25) is 4.79 Å². The average Bonchev–Trinajstić information content (AvgIpc) is 3.28. The summed E-state index contributed by atoms with van der Waals surface area (Å²) < 4.78 is 18.5. The number of para-hydroxylation sites is 2. The van der Waals surface area contributed by atoms with Gasteiger partial charge in [0.1, 0.15) is 23.1 Å². The number of imidazole rings is 1. The van der Waals surface area contributed by atoms with E-state index in [9.17, 15) is 4.79 Å². The summed E-state index contributed by atoms with van der Waals surface area (Å²) in [6.45, 7) is 2.12. The van der Waals surface area contributed by atoms with E-state index in [0.29, 0.717) is 18.7 Å². The van der Waals surface area contributed by atoms with Crippen molar-refractivity contribution in [1.82, 2.24) is 14.9 Å². The van der Waals surface area contributed by atoms with Crippen LogP contribution in [-0.4, -0.2) is 42.8 Å². The van der Waals surface area contributed by atoms with Gasteiger partial charge in [0.25, 0.3) is 5.91 Å². The zero-order chi connectivity index (χ0) is 25.2. The Hall–Kier alpha value is -4.00.